The molecule has 21 heavy (non-hydrogen) atoms. The van der Waals surface area contributed by atoms with Crippen molar-refractivity contribution in [3.05, 3.63) is 48.0 Å². The lowest BCUT2D eigenvalue weighted by Crippen LogP contribution is -2.25. The molecule has 4 rings (SSSR count). The number of benzene rings is 1. The van der Waals surface area contributed by atoms with E-state index in [0.717, 1.165) is 47.9 Å². The number of H-pyrrole nitrogens is 1. The van der Waals surface area contributed by atoms with Crippen molar-refractivity contribution in [1.29, 1.82) is 0 Å². The lowest BCUT2D eigenvalue weighted by Gasteiger charge is -2.23. The van der Waals surface area contributed by atoms with E-state index in [-0.39, 0.29) is 6.04 Å². The van der Waals surface area contributed by atoms with Crippen molar-refractivity contribution in [2.75, 3.05) is 11.4 Å². The normalized spacial score (nSPS) is 18.5. The maximum Gasteiger partial charge on any atom is 0.226 e. The molecule has 0 spiro atoms. The highest BCUT2D eigenvalue weighted by Gasteiger charge is 2.30. The first-order valence-corrected chi connectivity index (χ1v) is 7.32. The van der Waals surface area contributed by atoms with Crippen molar-refractivity contribution < 1.29 is 0 Å². The largest absolute Gasteiger partial charge is 0.340 e. The highest BCUT2D eigenvalue weighted by Crippen LogP contribution is 2.33. The Morgan fingerprint density at radius 3 is 2.95 bits per heavy atom. The number of imidazole rings is 1. The molecule has 5 nitrogen and oxygen atoms in total. The minimum Gasteiger partial charge on any atom is -0.340 e. The van der Waals surface area contributed by atoms with Gasteiger partial charge in [0.2, 0.25) is 5.95 Å². The first kappa shape index (κ1) is 12.3. The number of hydrogen-bond donors (Lipinski definition) is 1. The molecule has 0 amide bonds. The average Bonchev–Trinajstić information content (AvgIpc) is 3.13. The smallest absolute Gasteiger partial charge is 0.226 e. The van der Waals surface area contributed by atoms with Crippen LogP contribution >= 0.6 is 0 Å². The topological polar surface area (TPSA) is 57.7 Å². The highest BCUT2D eigenvalue weighted by atomic mass is 15.3. The number of aromatic amines is 1. The van der Waals surface area contributed by atoms with Gasteiger partial charge >= 0.3 is 0 Å². The van der Waals surface area contributed by atoms with Crippen molar-refractivity contribution in [2.45, 2.75) is 25.8 Å². The second-order valence-electron chi connectivity index (χ2n) is 5.49. The Morgan fingerprint density at radius 2 is 2.10 bits per heavy atom. The van der Waals surface area contributed by atoms with Crippen molar-refractivity contribution in [3.63, 3.8) is 0 Å². The van der Waals surface area contributed by atoms with Crippen LogP contribution in [0, 0.1) is 6.92 Å². The van der Waals surface area contributed by atoms with Gasteiger partial charge < -0.3 is 9.88 Å². The SMILES string of the molecule is Cc1ccnc(N2CCCC2c2nc3ccccc3[nH]2)n1. The Morgan fingerprint density at radius 1 is 1.19 bits per heavy atom. The van der Waals surface area contributed by atoms with E-state index in [0.29, 0.717) is 0 Å². The fourth-order valence-corrected chi connectivity index (χ4v) is 2.99. The van der Waals surface area contributed by atoms with E-state index >= 15 is 0 Å². The van der Waals surface area contributed by atoms with Gasteiger partial charge in [0, 0.05) is 18.4 Å². The van der Waals surface area contributed by atoms with Gasteiger partial charge in [-0.3, -0.25) is 0 Å². The average molecular weight is 279 g/mol. The summed E-state index contributed by atoms with van der Waals surface area (Å²) in [5.41, 5.74) is 3.10. The number of fused-ring (bicyclic) bond motifs is 1. The summed E-state index contributed by atoms with van der Waals surface area (Å²) in [6.07, 6.45) is 4.04. The molecule has 0 radical (unpaired) electrons. The van der Waals surface area contributed by atoms with Crippen LogP contribution in [-0.2, 0) is 0 Å². The van der Waals surface area contributed by atoms with Gasteiger partial charge in [-0.15, -0.1) is 0 Å². The van der Waals surface area contributed by atoms with Gasteiger partial charge in [-0.05, 0) is 38.0 Å². The Bertz CT molecular complexity index is 746. The van der Waals surface area contributed by atoms with Gasteiger partial charge in [-0.2, -0.15) is 0 Å². The summed E-state index contributed by atoms with van der Waals surface area (Å²) in [7, 11) is 0. The minimum absolute atomic E-state index is 0.235. The summed E-state index contributed by atoms with van der Waals surface area (Å²) in [5, 5.41) is 0. The minimum atomic E-state index is 0.235. The molecule has 0 bridgehead atoms. The third kappa shape index (κ3) is 2.14. The summed E-state index contributed by atoms with van der Waals surface area (Å²) >= 11 is 0. The number of para-hydroxylation sites is 2. The zero-order valence-electron chi connectivity index (χ0n) is 12.0. The number of nitrogens with one attached hydrogen (secondary N) is 1. The van der Waals surface area contributed by atoms with Crippen LogP contribution in [0.4, 0.5) is 5.95 Å². The molecule has 1 unspecified atom stereocenters. The Kier molecular flexibility index (Phi) is 2.84. The standard InChI is InChI=1S/C16H17N5/c1-11-8-9-17-16(18-11)21-10-4-7-14(21)15-19-12-5-2-3-6-13(12)20-15/h2-3,5-6,8-9,14H,4,7,10H2,1H3,(H,19,20). The van der Waals surface area contributed by atoms with Crippen molar-refractivity contribution in [2.24, 2.45) is 0 Å². The van der Waals surface area contributed by atoms with E-state index in [1.165, 1.54) is 0 Å². The van der Waals surface area contributed by atoms with E-state index in [1.54, 1.807) is 0 Å². The molecule has 1 aliphatic heterocycles. The monoisotopic (exact) mass is 279 g/mol. The zero-order valence-corrected chi connectivity index (χ0v) is 12.0. The summed E-state index contributed by atoms with van der Waals surface area (Å²) in [5.74, 6) is 1.82. The molecule has 0 saturated carbocycles. The highest BCUT2D eigenvalue weighted by molar-refractivity contribution is 5.75. The molecule has 106 valence electrons. The van der Waals surface area contributed by atoms with Gasteiger partial charge in [-0.1, -0.05) is 12.1 Å². The summed E-state index contributed by atoms with van der Waals surface area (Å²) in [4.78, 5) is 19.4. The second-order valence-corrected chi connectivity index (χ2v) is 5.49. The second kappa shape index (κ2) is 4.84. The van der Waals surface area contributed by atoms with Gasteiger partial charge in [0.1, 0.15) is 5.82 Å². The Hall–Kier alpha value is -2.43. The molecule has 1 aromatic carbocycles. The number of hydrogen-bond acceptors (Lipinski definition) is 4. The molecule has 5 heteroatoms. The summed E-state index contributed by atoms with van der Waals surface area (Å²) in [6, 6.07) is 10.3. The first-order chi connectivity index (χ1) is 10.3. The van der Waals surface area contributed by atoms with Crippen LogP contribution in [0.15, 0.2) is 36.5 Å². The summed E-state index contributed by atoms with van der Waals surface area (Å²) in [6.45, 7) is 2.97. The Balaban J connectivity index is 1.73. The number of aromatic nitrogens is 4. The third-order valence-electron chi connectivity index (χ3n) is 4.02. The van der Waals surface area contributed by atoms with Crippen LogP contribution in [-0.4, -0.2) is 26.5 Å². The molecule has 2 aromatic heterocycles. The Labute approximate surface area is 123 Å². The van der Waals surface area contributed by atoms with Crippen LogP contribution in [0.25, 0.3) is 11.0 Å². The van der Waals surface area contributed by atoms with E-state index in [4.69, 9.17) is 4.98 Å². The quantitative estimate of drug-likeness (QED) is 0.783. The van der Waals surface area contributed by atoms with E-state index in [2.05, 4.69) is 25.9 Å². The number of nitrogens with zero attached hydrogens (tertiary/aromatic N) is 4. The molecule has 0 aliphatic carbocycles. The van der Waals surface area contributed by atoms with Crippen LogP contribution in [0.3, 0.4) is 0 Å². The molecular formula is C16H17N5. The van der Waals surface area contributed by atoms with E-state index in [1.807, 2.05) is 37.4 Å². The fraction of sp³-hybridized carbons (Fsp3) is 0.312. The third-order valence-corrected chi connectivity index (χ3v) is 4.02. The lowest BCUT2D eigenvalue weighted by atomic mass is 10.2. The van der Waals surface area contributed by atoms with Gasteiger partial charge in [0.05, 0.1) is 17.1 Å². The number of rotatable bonds is 2. The number of aryl methyl sites for hydroxylation is 1. The molecule has 3 heterocycles. The van der Waals surface area contributed by atoms with Crippen LogP contribution in [0.2, 0.25) is 0 Å². The van der Waals surface area contributed by atoms with Crippen molar-refractivity contribution >= 4 is 17.0 Å². The maximum absolute atomic E-state index is 4.74. The van der Waals surface area contributed by atoms with Crippen LogP contribution in [0.5, 0.6) is 0 Å². The van der Waals surface area contributed by atoms with Crippen LogP contribution < -0.4 is 4.90 Å². The zero-order chi connectivity index (χ0) is 14.2. The lowest BCUT2D eigenvalue weighted by molar-refractivity contribution is 0.664. The summed E-state index contributed by atoms with van der Waals surface area (Å²) < 4.78 is 0. The predicted molar refractivity (Wildman–Crippen MR) is 82.2 cm³/mol. The number of anilines is 1. The molecule has 3 aromatic rings. The van der Waals surface area contributed by atoms with Gasteiger partial charge in [0.25, 0.3) is 0 Å². The molecule has 1 aliphatic rings. The van der Waals surface area contributed by atoms with Gasteiger partial charge in [0.15, 0.2) is 0 Å². The van der Waals surface area contributed by atoms with E-state index < -0.39 is 0 Å². The molecule has 1 saturated heterocycles. The van der Waals surface area contributed by atoms with Crippen LogP contribution in [0.1, 0.15) is 30.4 Å². The predicted octanol–water partition coefficient (Wildman–Crippen LogP) is 3.00. The molecule has 1 atom stereocenters. The van der Waals surface area contributed by atoms with E-state index in [9.17, 15) is 0 Å². The van der Waals surface area contributed by atoms with Crippen molar-refractivity contribution in [1.82, 2.24) is 19.9 Å². The maximum atomic E-state index is 4.74. The molecular weight excluding hydrogens is 262 g/mol. The molecule has 1 fully saturated rings. The van der Waals surface area contributed by atoms with Gasteiger partial charge in [-0.25, -0.2) is 15.0 Å². The fourth-order valence-electron chi connectivity index (χ4n) is 2.99. The molecule has 1 N–H and O–H groups in total. The van der Waals surface area contributed by atoms with Crippen molar-refractivity contribution in [3.8, 4) is 0 Å². The first-order valence-electron chi connectivity index (χ1n) is 7.32.